The van der Waals surface area contributed by atoms with Gasteiger partial charge < -0.3 is 24.8 Å². The van der Waals surface area contributed by atoms with Gasteiger partial charge in [0.15, 0.2) is 5.78 Å². The van der Waals surface area contributed by atoms with E-state index in [1.54, 1.807) is 52.2 Å². The molecule has 0 aliphatic rings. The zero-order valence-corrected chi connectivity index (χ0v) is 32.1. The Kier molecular flexibility index (Phi) is 15.1. The Morgan fingerprint density at radius 2 is 1.58 bits per heavy atom. The molecule has 12 nitrogen and oxygen atoms in total. The maximum Gasteiger partial charge on any atom is 0.407 e. The number of hydrogen-bond acceptors (Lipinski definition) is 10. The van der Waals surface area contributed by atoms with Gasteiger partial charge in [-0.1, -0.05) is 74.5 Å². The molecule has 3 amide bonds. The van der Waals surface area contributed by atoms with Crippen LogP contribution in [0.1, 0.15) is 72.2 Å². The third kappa shape index (κ3) is 13.2. The van der Waals surface area contributed by atoms with E-state index in [4.69, 9.17) is 4.74 Å². The number of ketones is 1. The van der Waals surface area contributed by atoms with Gasteiger partial charge >= 0.3 is 12.1 Å². The molecule has 0 fully saturated rings. The number of amides is 3. The average Bonchev–Trinajstić information content (AvgIpc) is 3.96. The molecule has 2 aromatic carbocycles. The quantitative estimate of drug-likeness (QED) is 0.0860. The number of aryl methyl sites for hydroxylation is 1. The van der Waals surface area contributed by atoms with Gasteiger partial charge in [0.2, 0.25) is 0 Å². The van der Waals surface area contributed by atoms with Crippen molar-refractivity contribution in [1.82, 2.24) is 40.3 Å². The van der Waals surface area contributed by atoms with Crippen LogP contribution in [0.5, 0.6) is 0 Å². The number of thiazole rings is 2. The molecule has 5 rings (SSSR count). The van der Waals surface area contributed by atoms with Crippen LogP contribution in [0.25, 0.3) is 0 Å². The Hall–Kier alpha value is -4.95. The zero-order valence-electron chi connectivity index (χ0n) is 30.5. The summed E-state index contributed by atoms with van der Waals surface area (Å²) in [4.78, 5) is 51.8. The molecule has 2 N–H and O–H groups in total. The van der Waals surface area contributed by atoms with E-state index >= 15 is 0 Å². The van der Waals surface area contributed by atoms with Crippen LogP contribution in [-0.4, -0.2) is 66.7 Å². The van der Waals surface area contributed by atoms with E-state index in [-0.39, 0.29) is 36.8 Å². The number of nitrogens with zero attached hydrogens (tertiary/aromatic N) is 6. The number of nitrogens with one attached hydrogen (secondary N) is 2. The molecule has 0 radical (unpaired) electrons. The fourth-order valence-corrected chi connectivity index (χ4v) is 7.37. The van der Waals surface area contributed by atoms with Crippen molar-refractivity contribution in [3.05, 3.63) is 117 Å². The molecular weight excluding hydrogens is 709 g/mol. The van der Waals surface area contributed by atoms with Gasteiger partial charge in [0.1, 0.15) is 19.3 Å². The number of carbonyl (C=O) groups excluding carboxylic acids is 3. The molecule has 0 aliphatic heterocycles. The zero-order chi connectivity index (χ0) is 37.4. The van der Waals surface area contributed by atoms with Crippen LogP contribution in [0.15, 0.2) is 90.4 Å². The van der Waals surface area contributed by atoms with Crippen molar-refractivity contribution < 1.29 is 19.1 Å². The number of rotatable bonds is 20. The van der Waals surface area contributed by atoms with Gasteiger partial charge in [-0.15, -0.1) is 32.9 Å². The van der Waals surface area contributed by atoms with E-state index in [2.05, 4.69) is 56.8 Å². The van der Waals surface area contributed by atoms with Gasteiger partial charge in [-0.3, -0.25) is 9.78 Å². The minimum absolute atomic E-state index is 0.0466. The summed E-state index contributed by atoms with van der Waals surface area (Å²) in [6.07, 6.45) is 7.62. The minimum Gasteiger partial charge on any atom is -0.444 e. The van der Waals surface area contributed by atoms with Gasteiger partial charge in [-0.2, -0.15) is 0 Å². The summed E-state index contributed by atoms with van der Waals surface area (Å²) >= 11 is 3.02. The molecule has 0 spiro atoms. The van der Waals surface area contributed by atoms with Crippen molar-refractivity contribution in [3.63, 3.8) is 0 Å². The smallest absolute Gasteiger partial charge is 0.407 e. The molecule has 0 bridgehead atoms. The van der Waals surface area contributed by atoms with Gasteiger partial charge in [0, 0.05) is 43.5 Å². The number of aromatic nitrogens is 5. The van der Waals surface area contributed by atoms with E-state index in [1.165, 1.54) is 11.3 Å². The highest BCUT2D eigenvalue weighted by Gasteiger charge is 2.27. The van der Waals surface area contributed by atoms with E-state index in [0.29, 0.717) is 51.1 Å². The van der Waals surface area contributed by atoms with Crippen molar-refractivity contribution in [2.45, 2.75) is 90.1 Å². The summed E-state index contributed by atoms with van der Waals surface area (Å²) in [7, 11) is 1.71. The van der Waals surface area contributed by atoms with Crippen LogP contribution < -0.4 is 10.6 Å². The lowest BCUT2D eigenvalue weighted by molar-refractivity contribution is -0.122. The lowest BCUT2D eigenvalue weighted by atomic mass is 9.86. The highest BCUT2D eigenvalue weighted by molar-refractivity contribution is 7.09. The Balaban J connectivity index is 1.28. The molecule has 0 unspecified atom stereocenters. The van der Waals surface area contributed by atoms with Gasteiger partial charge in [-0.25, -0.2) is 14.6 Å². The second-order valence-electron chi connectivity index (χ2n) is 13.6. The summed E-state index contributed by atoms with van der Waals surface area (Å²) in [5.41, 5.74) is 4.74. The lowest BCUT2D eigenvalue weighted by Gasteiger charge is -2.26. The molecule has 3 aromatic heterocycles. The lowest BCUT2D eigenvalue weighted by Crippen LogP contribution is -2.47. The normalized spacial score (nSPS) is 12.9. The van der Waals surface area contributed by atoms with E-state index in [1.807, 2.05) is 53.9 Å². The molecule has 0 aliphatic carbocycles. The van der Waals surface area contributed by atoms with Crippen molar-refractivity contribution >= 4 is 40.6 Å². The van der Waals surface area contributed by atoms with Crippen LogP contribution in [0.4, 0.5) is 9.59 Å². The van der Waals surface area contributed by atoms with Gasteiger partial charge in [0.25, 0.3) is 0 Å². The summed E-state index contributed by atoms with van der Waals surface area (Å²) < 4.78 is 7.32. The number of urea groups is 1. The average molecular weight is 757 g/mol. The first-order valence-electron chi connectivity index (χ1n) is 17.9. The predicted octanol–water partition coefficient (Wildman–Crippen LogP) is 7.05. The van der Waals surface area contributed by atoms with Crippen molar-refractivity contribution in [2.24, 2.45) is 5.92 Å². The van der Waals surface area contributed by atoms with E-state index in [0.717, 1.165) is 26.7 Å². The second-order valence-corrected chi connectivity index (χ2v) is 15.4. The third-order valence-electron chi connectivity index (χ3n) is 8.89. The fourth-order valence-electron chi connectivity index (χ4n) is 6.03. The first-order chi connectivity index (χ1) is 25.7. The highest BCUT2D eigenvalue weighted by atomic mass is 32.1. The molecular formula is C39H48N8O4S2. The van der Waals surface area contributed by atoms with E-state index in [9.17, 15) is 14.4 Å². The number of carbonyl (C=O) groups is 3. The standard InChI is InChI=1S/C39H48N8O4S2/c1-28(2)37-43-33(24-52-37)22-46(3)38(49)45-35(16-17-47-25-41-42-26-47)36(48)20-31(18-29-10-6-4-7-11-29)14-15-32(19-30-12-8-5-9-13-30)44-39(50)51-23-34-21-40-27-53-34/h4-13,21,24-28,31-32,35H,14-20,22-23H2,1-3H3,(H,44,50)(H,45,49)/t31-,32-,35-/m0/s1. The number of benzene rings is 2. The summed E-state index contributed by atoms with van der Waals surface area (Å²) in [5.74, 6) is 0.214. The number of hydrogen-bond donors (Lipinski definition) is 2. The predicted molar refractivity (Wildman–Crippen MR) is 206 cm³/mol. The van der Waals surface area contributed by atoms with Crippen molar-refractivity contribution in [1.29, 1.82) is 0 Å². The molecule has 3 atom stereocenters. The Morgan fingerprint density at radius 3 is 2.23 bits per heavy atom. The Morgan fingerprint density at radius 1 is 0.887 bits per heavy atom. The Bertz CT molecular complexity index is 1820. The molecule has 5 aromatic rings. The number of ether oxygens (including phenoxy) is 1. The molecule has 0 saturated heterocycles. The molecule has 280 valence electrons. The molecule has 53 heavy (non-hydrogen) atoms. The monoisotopic (exact) mass is 756 g/mol. The van der Waals surface area contributed by atoms with Crippen LogP contribution in [0.2, 0.25) is 0 Å². The molecule has 14 heteroatoms. The first kappa shape index (κ1) is 39.3. The molecule has 0 saturated carbocycles. The second kappa shape index (κ2) is 20.3. The van der Waals surface area contributed by atoms with Crippen molar-refractivity contribution in [2.75, 3.05) is 7.05 Å². The highest BCUT2D eigenvalue weighted by Crippen LogP contribution is 2.23. The van der Waals surface area contributed by atoms with E-state index < -0.39 is 12.1 Å². The van der Waals surface area contributed by atoms with Crippen LogP contribution in [-0.2, 0) is 42.1 Å². The van der Waals surface area contributed by atoms with Crippen molar-refractivity contribution in [3.8, 4) is 0 Å². The number of alkyl carbamates (subject to hydrolysis) is 1. The van der Waals surface area contributed by atoms with Crippen LogP contribution >= 0.6 is 22.7 Å². The summed E-state index contributed by atoms with van der Waals surface area (Å²) in [6, 6.07) is 18.8. The largest absolute Gasteiger partial charge is 0.444 e. The maximum atomic E-state index is 14.2. The summed E-state index contributed by atoms with van der Waals surface area (Å²) in [6.45, 7) is 5.14. The topological polar surface area (TPSA) is 144 Å². The maximum absolute atomic E-state index is 14.2. The first-order valence-corrected chi connectivity index (χ1v) is 19.7. The van der Waals surface area contributed by atoms with Gasteiger partial charge in [0.05, 0.1) is 33.7 Å². The van der Waals surface area contributed by atoms with Gasteiger partial charge in [-0.05, 0) is 49.1 Å². The molecule has 3 heterocycles. The Labute approximate surface area is 319 Å². The minimum atomic E-state index is -0.729. The SMILES string of the molecule is CC(C)c1nc(CN(C)C(=O)N[C@@H](CCn2cnnc2)C(=O)C[C@@H](CC[C@@H](Cc2ccccc2)NC(=O)OCc2cncs2)Cc2ccccc2)cs1. The summed E-state index contributed by atoms with van der Waals surface area (Å²) in [5, 5.41) is 16.9. The number of Topliss-reactive ketones (excluding diaryl/α,β-unsaturated/α-hetero) is 1. The van der Waals surface area contributed by atoms with Crippen LogP contribution in [0, 0.1) is 5.92 Å². The fraction of sp³-hybridized carbons (Fsp3) is 0.410. The third-order valence-corrected chi connectivity index (χ3v) is 10.8. The van der Waals surface area contributed by atoms with Crippen LogP contribution in [0.3, 0.4) is 0 Å².